The van der Waals surface area contributed by atoms with Crippen LogP contribution in [0.1, 0.15) is 17.2 Å². The van der Waals surface area contributed by atoms with Gasteiger partial charge in [0.1, 0.15) is 11.8 Å². The van der Waals surface area contributed by atoms with Gasteiger partial charge in [-0.25, -0.2) is 8.42 Å². The second-order valence-electron chi connectivity index (χ2n) is 8.71. The maximum absolute atomic E-state index is 13.5. The summed E-state index contributed by atoms with van der Waals surface area (Å²) in [6.07, 6.45) is 0. The second kappa shape index (κ2) is 12.7. The van der Waals surface area contributed by atoms with Crippen LogP contribution in [0.4, 0.5) is 0 Å². The highest BCUT2D eigenvalue weighted by atomic mass is 32.2. The molecule has 1 aliphatic heterocycles. The molecule has 1 saturated heterocycles. The zero-order valence-corrected chi connectivity index (χ0v) is 22.0. The van der Waals surface area contributed by atoms with Gasteiger partial charge in [0.05, 0.1) is 18.1 Å². The summed E-state index contributed by atoms with van der Waals surface area (Å²) < 4.78 is 38.1. The molecule has 4 rings (SSSR count). The number of ether oxygens (including phenoxy) is 2. The molecule has 1 N–H and O–H groups in total. The van der Waals surface area contributed by atoms with E-state index in [4.69, 9.17) is 9.47 Å². The topological polar surface area (TPSA) is 105 Å². The molecule has 9 nitrogen and oxygen atoms in total. The van der Waals surface area contributed by atoms with Gasteiger partial charge in [-0.3, -0.25) is 9.59 Å². The van der Waals surface area contributed by atoms with E-state index < -0.39 is 22.0 Å². The molecule has 1 aliphatic rings. The molecule has 1 fully saturated rings. The lowest BCUT2D eigenvalue weighted by Crippen LogP contribution is -2.44. The van der Waals surface area contributed by atoms with E-state index in [0.29, 0.717) is 37.6 Å². The minimum Gasteiger partial charge on any atom is -0.484 e. The first kappa shape index (κ1) is 27.3. The number of morpholine rings is 1. The number of nitrogens with one attached hydrogen (secondary N) is 1. The number of benzene rings is 3. The number of carbonyl (C=O) groups excluding carboxylic acids is 2. The van der Waals surface area contributed by atoms with Gasteiger partial charge in [0.25, 0.3) is 5.91 Å². The average molecular weight is 538 g/mol. The minimum atomic E-state index is -3.63. The Morgan fingerprint density at radius 3 is 2.16 bits per heavy atom. The summed E-state index contributed by atoms with van der Waals surface area (Å²) in [5, 5.41) is 2.66. The second-order valence-corrected chi connectivity index (χ2v) is 10.6. The number of nitrogens with zero attached hydrogens (tertiary/aromatic N) is 2. The van der Waals surface area contributed by atoms with Gasteiger partial charge in [0.15, 0.2) is 6.61 Å². The molecule has 38 heavy (non-hydrogen) atoms. The molecule has 3 aromatic carbocycles. The Balaban J connectivity index is 1.52. The van der Waals surface area contributed by atoms with E-state index in [9.17, 15) is 18.0 Å². The van der Waals surface area contributed by atoms with Crippen molar-refractivity contribution in [2.75, 3.05) is 40.0 Å². The van der Waals surface area contributed by atoms with E-state index in [-0.39, 0.29) is 24.0 Å². The Kier molecular flexibility index (Phi) is 9.11. The Morgan fingerprint density at radius 2 is 1.55 bits per heavy atom. The highest BCUT2D eigenvalue weighted by Crippen LogP contribution is 2.25. The molecule has 1 atom stereocenters. The molecule has 1 heterocycles. The number of amides is 2. The van der Waals surface area contributed by atoms with Crippen molar-refractivity contribution in [2.24, 2.45) is 0 Å². The molecule has 1 unspecified atom stereocenters. The van der Waals surface area contributed by atoms with Crippen LogP contribution >= 0.6 is 0 Å². The van der Waals surface area contributed by atoms with Gasteiger partial charge in [0, 0.05) is 26.7 Å². The van der Waals surface area contributed by atoms with Crippen LogP contribution in [0.3, 0.4) is 0 Å². The monoisotopic (exact) mass is 537 g/mol. The van der Waals surface area contributed by atoms with Crippen molar-refractivity contribution in [3.8, 4) is 5.75 Å². The zero-order chi connectivity index (χ0) is 27.0. The summed E-state index contributed by atoms with van der Waals surface area (Å²) in [5.74, 6) is -0.371. The van der Waals surface area contributed by atoms with Gasteiger partial charge in [-0.15, -0.1) is 0 Å². The summed E-state index contributed by atoms with van der Waals surface area (Å²) in [6.45, 7) is 1.21. The van der Waals surface area contributed by atoms with Gasteiger partial charge in [0.2, 0.25) is 15.9 Å². The molecule has 10 heteroatoms. The molecule has 0 spiro atoms. The Bertz CT molecular complexity index is 1310. The molecule has 200 valence electrons. The maximum atomic E-state index is 13.5. The predicted octanol–water partition coefficient (Wildman–Crippen LogP) is 2.60. The molecular formula is C28H31N3O6S. The summed E-state index contributed by atoms with van der Waals surface area (Å²) in [7, 11) is -2.10. The van der Waals surface area contributed by atoms with Crippen molar-refractivity contribution in [1.29, 1.82) is 0 Å². The largest absolute Gasteiger partial charge is 0.484 e. The van der Waals surface area contributed by atoms with E-state index in [1.165, 1.54) is 40.5 Å². The number of likely N-dealkylation sites (N-methyl/N-ethyl adjacent to an activating group) is 1. The van der Waals surface area contributed by atoms with Gasteiger partial charge in [-0.1, -0.05) is 60.7 Å². The lowest BCUT2D eigenvalue weighted by molar-refractivity contribution is -0.143. The molecular weight excluding hydrogens is 506 g/mol. The van der Waals surface area contributed by atoms with E-state index in [2.05, 4.69) is 5.32 Å². The first-order valence-electron chi connectivity index (χ1n) is 12.3. The molecule has 2 amide bonds. The molecule has 0 saturated carbocycles. The van der Waals surface area contributed by atoms with Crippen molar-refractivity contribution in [1.82, 2.24) is 14.5 Å². The fourth-order valence-electron chi connectivity index (χ4n) is 4.22. The SMILES string of the molecule is CNC(=O)C(c1ccccc1)N(Cc1ccccc1)C(=O)COc1ccc(S(=O)(=O)N2CCOCC2)cc1. The van der Waals surface area contributed by atoms with Crippen LogP contribution in [-0.4, -0.2) is 69.4 Å². The fourth-order valence-corrected chi connectivity index (χ4v) is 5.63. The van der Waals surface area contributed by atoms with Gasteiger partial charge >= 0.3 is 0 Å². The van der Waals surface area contributed by atoms with Gasteiger partial charge < -0.3 is 19.7 Å². The van der Waals surface area contributed by atoms with Crippen molar-refractivity contribution < 1.29 is 27.5 Å². The third kappa shape index (κ3) is 6.58. The first-order valence-corrected chi connectivity index (χ1v) is 13.7. The minimum absolute atomic E-state index is 0.146. The average Bonchev–Trinajstić information content (AvgIpc) is 2.97. The van der Waals surface area contributed by atoms with E-state index in [1.807, 2.05) is 48.5 Å². The number of hydrogen-bond acceptors (Lipinski definition) is 6. The lowest BCUT2D eigenvalue weighted by atomic mass is 10.0. The van der Waals surface area contributed by atoms with Crippen LogP contribution in [0.25, 0.3) is 0 Å². The molecule has 0 radical (unpaired) electrons. The quantitative estimate of drug-likeness (QED) is 0.426. The Hall–Kier alpha value is -3.73. The normalized spacial score (nSPS) is 14.9. The highest BCUT2D eigenvalue weighted by Gasteiger charge is 2.31. The Morgan fingerprint density at radius 1 is 0.947 bits per heavy atom. The Labute approximate surface area is 223 Å². The van der Waals surface area contributed by atoms with Gasteiger partial charge in [-0.2, -0.15) is 4.31 Å². The predicted molar refractivity (Wildman–Crippen MR) is 142 cm³/mol. The summed E-state index contributed by atoms with van der Waals surface area (Å²) in [4.78, 5) is 28.1. The van der Waals surface area contributed by atoms with Crippen molar-refractivity contribution in [2.45, 2.75) is 17.5 Å². The number of rotatable bonds is 10. The third-order valence-electron chi connectivity index (χ3n) is 6.23. The van der Waals surface area contributed by atoms with Crippen LogP contribution in [0.15, 0.2) is 89.8 Å². The smallest absolute Gasteiger partial charge is 0.261 e. The summed E-state index contributed by atoms with van der Waals surface area (Å²) in [5.41, 5.74) is 1.54. The number of carbonyl (C=O) groups is 2. The van der Waals surface area contributed by atoms with E-state index >= 15 is 0 Å². The van der Waals surface area contributed by atoms with Crippen LogP contribution in [0, 0.1) is 0 Å². The standard InChI is InChI=1S/C28H31N3O6S/c1-29-28(33)27(23-10-6-3-7-11-23)31(20-22-8-4-2-5-9-22)26(32)21-37-24-12-14-25(15-13-24)38(34,35)30-16-18-36-19-17-30/h2-15,27H,16-21H2,1H3,(H,29,33). The van der Waals surface area contributed by atoms with Crippen LogP contribution in [0.2, 0.25) is 0 Å². The lowest BCUT2D eigenvalue weighted by Gasteiger charge is -2.31. The molecule has 0 aliphatic carbocycles. The molecule has 0 bridgehead atoms. The van der Waals surface area contributed by atoms with Crippen molar-refractivity contribution >= 4 is 21.8 Å². The van der Waals surface area contributed by atoms with E-state index in [0.717, 1.165) is 5.56 Å². The first-order chi connectivity index (χ1) is 18.4. The third-order valence-corrected chi connectivity index (χ3v) is 8.14. The zero-order valence-electron chi connectivity index (χ0n) is 21.2. The highest BCUT2D eigenvalue weighted by molar-refractivity contribution is 7.89. The van der Waals surface area contributed by atoms with Crippen LogP contribution in [-0.2, 0) is 30.9 Å². The fraction of sp³-hybridized carbons (Fsp3) is 0.286. The van der Waals surface area contributed by atoms with Crippen LogP contribution in [0.5, 0.6) is 5.75 Å². The number of hydrogen-bond donors (Lipinski definition) is 1. The number of sulfonamides is 1. The molecule has 3 aromatic rings. The van der Waals surface area contributed by atoms with E-state index in [1.54, 1.807) is 12.1 Å². The summed E-state index contributed by atoms with van der Waals surface area (Å²) in [6, 6.07) is 23.6. The van der Waals surface area contributed by atoms with Crippen molar-refractivity contribution in [3.05, 3.63) is 96.1 Å². The summed E-state index contributed by atoms with van der Waals surface area (Å²) >= 11 is 0. The maximum Gasteiger partial charge on any atom is 0.261 e. The van der Waals surface area contributed by atoms with Gasteiger partial charge in [-0.05, 0) is 35.4 Å². The van der Waals surface area contributed by atoms with Crippen LogP contribution < -0.4 is 10.1 Å². The molecule has 0 aromatic heterocycles. The van der Waals surface area contributed by atoms with Crippen molar-refractivity contribution in [3.63, 3.8) is 0 Å².